The van der Waals surface area contributed by atoms with Crippen LogP contribution >= 0.6 is 0 Å². The van der Waals surface area contributed by atoms with E-state index >= 15 is 0 Å². The fraction of sp³-hybridized carbons (Fsp3) is 0.188. The molecule has 0 spiro atoms. The normalized spacial score (nSPS) is 10.2. The summed E-state index contributed by atoms with van der Waals surface area (Å²) in [6.07, 6.45) is 0. The Morgan fingerprint density at radius 2 is 2.00 bits per heavy atom. The van der Waals surface area contributed by atoms with E-state index < -0.39 is 0 Å². The zero-order valence-electron chi connectivity index (χ0n) is 11.9. The second kappa shape index (κ2) is 6.26. The van der Waals surface area contributed by atoms with Gasteiger partial charge in [-0.1, -0.05) is 12.1 Å². The van der Waals surface area contributed by atoms with Crippen LogP contribution in [-0.2, 0) is 6.61 Å². The van der Waals surface area contributed by atoms with Crippen molar-refractivity contribution >= 4 is 5.84 Å². The Morgan fingerprint density at radius 3 is 2.62 bits per heavy atom. The van der Waals surface area contributed by atoms with Crippen molar-refractivity contribution in [3.63, 3.8) is 0 Å². The third kappa shape index (κ3) is 3.51. The molecule has 0 unspecified atom stereocenters. The van der Waals surface area contributed by atoms with E-state index in [1.54, 1.807) is 37.3 Å². The third-order valence-corrected chi connectivity index (χ3v) is 3.10. The first kappa shape index (κ1) is 14.8. The number of hydrogen-bond acceptors (Lipinski definition) is 3. The SMILES string of the molecule is COc1cc(COc2ccc(C)c(F)c2)ccc1C(=N)N. The highest BCUT2D eigenvalue weighted by Gasteiger charge is 2.08. The molecule has 0 aliphatic carbocycles. The van der Waals surface area contributed by atoms with Gasteiger partial charge in [0.2, 0.25) is 0 Å². The zero-order valence-corrected chi connectivity index (χ0v) is 11.9. The van der Waals surface area contributed by atoms with Crippen LogP contribution in [0, 0.1) is 18.2 Å². The van der Waals surface area contributed by atoms with Gasteiger partial charge >= 0.3 is 0 Å². The van der Waals surface area contributed by atoms with Crippen LogP contribution in [0.25, 0.3) is 0 Å². The number of aryl methyl sites for hydroxylation is 1. The Kier molecular flexibility index (Phi) is 4.42. The van der Waals surface area contributed by atoms with Crippen molar-refractivity contribution in [1.29, 1.82) is 5.41 Å². The molecule has 4 nitrogen and oxygen atoms in total. The van der Waals surface area contributed by atoms with Crippen molar-refractivity contribution < 1.29 is 13.9 Å². The average molecular weight is 288 g/mol. The lowest BCUT2D eigenvalue weighted by molar-refractivity contribution is 0.303. The second-order valence-corrected chi connectivity index (χ2v) is 4.65. The van der Waals surface area contributed by atoms with Gasteiger partial charge in [0, 0.05) is 6.07 Å². The molecule has 21 heavy (non-hydrogen) atoms. The second-order valence-electron chi connectivity index (χ2n) is 4.65. The minimum Gasteiger partial charge on any atom is -0.496 e. The fourth-order valence-corrected chi connectivity index (χ4v) is 1.88. The van der Waals surface area contributed by atoms with Crippen LogP contribution in [0.5, 0.6) is 11.5 Å². The van der Waals surface area contributed by atoms with Crippen molar-refractivity contribution in [3.8, 4) is 11.5 Å². The van der Waals surface area contributed by atoms with Crippen LogP contribution in [-0.4, -0.2) is 12.9 Å². The molecule has 0 saturated heterocycles. The van der Waals surface area contributed by atoms with Crippen LogP contribution in [0.1, 0.15) is 16.7 Å². The number of nitrogen functional groups attached to an aromatic ring is 1. The largest absolute Gasteiger partial charge is 0.496 e. The van der Waals surface area contributed by atoms with Gasteiger partial charge < -0.3 is 15.2 Å². The molecule has 5 heteroatoms. The standard InChI is InChI=1S/C16H17FN2O2/c1-10-3-5-12(8-14(10)17)21-9-11-4-6-13(16(18)19)15(7-11)20-2/h3-8H,9H2,1-2H3,(H3,18,19). The number of hydrogen-bond donors (Lipinski definition) is 2. The summed E-state index contributed by atoms with van der Waals surface area (Å²) in [6.45, 7) is 1.97. The van der Waals surface area contributed by atoms with Crippen LogP contribution in [0.3, 0.4) is 0 Å². The molecule has 2 aromatic carbocycles. The van der Waals surface area contributed by atoms with E-state index in [1.165, 1.54) is 13.2 Å². The summed E-state index contributed by atoms with van der Waals surface area (Å²) in [5.74, 6) is 0.628. The molecule has 0 bridgehead atoms. The Labute approximate surface area is 122 Å². The Morgan fingerprint density at radius 1 is 1.24 bits per heavy atom. The monoisotopic (exact) mass is 288 g/mol. The molecule has 0 aromatic heterocycles. The first-order valence-electron chi connectivity index (χ1n) is 6.41. The summed E-state index contributed by atoms with van der Waals surface area (Å²) in [4.78, 5) is 0. The maximum absolute atomic E-state index is 13.4. The van der Waals surface area contributed by atoms with Crippen LogP contribution in [0.15, 0.2) is 36.4 Å². The van der Waals surface area contributed by atoms with E-state index in [0.717, 1.165) is 5.56 Å². The topological polar surface area (TPSA) is 68.3 Å². The van der Waals surface area contributed by atoms with Crippen LogP contribution in [0.2, 0.25) is 0 Å². The van der Waals surface area contributed by atoms with Crippen molar-refractivity contribution in [1.82, 2.24) is 0 Å². The number of nitrogens with two attached hydrogens (primary N) is 1. The summed E-state index contributed by atoms with van der Waals surface area (Å²) >= 11 is 0. The molecule has 0 aliphatic rings. The van der Waals surface area contributed by atoms with E-state index in [-0.39, 0.29) is 18.3 Å². The smallest absolute Gasteiger partial charge is 0.130 e. The zero-order chi connectivity index (χ0) is 15.4. The highest BCUT2D eigenvalue weighted by atomic mass is 19.1. The van der Waals surface area contributed by atoms with Crippen molar-refractivity contribution in [2.45, 2.75) is 13.5 Å². The van der Waals surface area contributed by atoms with Gasteiger partial charge in [0.1, 0.15) is 29.8 Å². The Bertz CT molecular complexity index is 671. The molecule has 110 valence electrons. The Balaban J connectivity index is 2.13. The maximum Gasteiger partial charge on any atom is 0.130 e. The molecule has 0 fully saturated rings. The van der Waals surface area contributed by atoms with E-state index in [9.17, 15) is 4.39 Å². The van der Waals surface area contributed by atoms with E-state index in [2.05, 4.69) is 0 Å². The molecular formula is C16H17FN2O2. The van der Waals surface area contributed by atoms with E-state index in [0.29, 0.717) is 22.6 Å². The summed E-state index contributed by atoms with van der Waals surface area (Å²) < 4.78 is 24.2. The number of rotatable bonds is 5. The van der Waals surface area contributed by atoms with Gasteiger partial charge in [0.05, 0.1) is 12.7 Å². The molecule has 0 radical (unpaired) electrons. The summed E-state index contributed by atoms with van der Waals surface area (Å²) in [5.41, 5.74) is 7.42. The highest BCUT2D eigenvalue weighted by Crippen LogP contribution is 2.22. The average Bonchev–Trinajstić information content (AvgIpc) is 2.48. The van der Waals surface area contributed by atoms with Gasteiger partial charge in [0.15, 0.2) is 0 Å². The van der Waals surface area contributed by atoms with E-state index in [4.69, 9.17) is 20.6 Å². The predicted molar refractivity (Wildman–Crippen MR) is 79.5 cm³/mol. The van der Waals surface area contributed by atoms with Crippen LogP contribution in [0.4, 0.5) is 4.39 Å². The lowest BCUT2D eigenvalue weighted by Gasteiger charge is -2.11. The number of ether oxygens (including phenoxy) is 2. The molecule has 0 saturated carbocycles. The molecule has 0 amide bonds. The number of amidine groups is 1. The highest BCUT2D eigenvalue weighted by molar-refractivity contribution is 5.97. The minimum atomic E-state index is -0.294. The minimum absolute atomic E-state index is 0.0556. The Hall–Kier alpha value is -2.56. The summed E-state index contributed by atoms with van der Waals surface area (Å²) in [5, 5.41) is 7.46. The van der Waals surface area contributed by atoms with E-state index in [1.807, 2.05) is 0 Å². The number of nitrogens with one attached hydrogen (secondary N) is 1. The fourth-order valence-electron chi connectivity index (χ4n) is 1.88. The molecule has 2 rings (SSSR count). The summed E-state index contributed by atoms with van der Waals surface area (Å²) in [7, 11) is 1.52. The first-order valence-corrected chi connectivity index (χ1v) is 6.41. The molecule has 2 aromatic rings. The first-order chi connectivity index (χ1) is 10.0. The van der Waals surface area contributed by atoms with Crippen molar-refractivity contribution in [2.75, 3.05) is 7.11 Å². The number of halogens is 1. The number of benzene rings is 2. The van der Waals surface area contributed by atoms with Gasteiger partial charge in [-0.15, -0.1) is 0 Å². The van der Waals surface area contributed by atoms with Gasteiger partial charge in [-0.2, -0.15) is 0 Å². The van der Waals surface area contributed by atoms with Gasteiger partial charge in [0.25, 0.3) is 0 Å². The molecule has 0 aliphatic heterocycles. The molecule has 0 atom stereocenters. The molecule has 0 heterocycles. The van der Waals surface area contributed by atoms with Crippen molar-refractivity contribution in [2.24, 2.45) is 5.73 Å². The lowest BCUT2D eigenvalue weighted by atomic mass is 10.1. The third-order valence-electron chi connectivity index (χ3n) is 3.10. The summed E-state index contributed by atoms with van der Waals surface area (Å²) in [6, 6.07) is 10.0. The number of methoxy groups -OCH3 is 1. The van der Waals surface area contributed by atoms with Crippen LogP contribution < -0.4 is 15.2 Å². The van der Waals surface area contributed by atoms with Gasteiger partial charge in [-0.05, 0) is 36.2 Å². The lowest BCUT2D eigenvalue weighted by Crippen LogP contribution is -2.12. The quantitative estimate of drug-likeness (QED) is 0.656. The van der Waals surface area contributed by atoms with Crippen molar-refractivity contribution in [3.05, 3.63) is 58.9 Å². The molecule has 3 N–H and O–H groups in total. The maximum atomic E-state index is 13.4. The van der Waals surface area contributed by atoms with Gasteiger partial charge in [-0.3, -0.25) is 5.41 Å². The van der Waals surface area contributed by atoms with Gasteiger partial charge in [-0.25, -0.2) is 4.39 Å². The predicted octanol–water partition coefficient (Wildman–Crippen LogP) is 3.01. The molecular weight excluding hydrogens is 271 g/mol.